The molecular weight excluding hydrogens is 562 g/mol. The number of unbranched alkanes of at least 4 members (excludes halogenated alkanes) is 9. The number of hydrogen-bond acceptors (Lipinski definition) is 3. The highest BCUT2D eigenvalue weighted by Crippen LogP contribution is 2.29. The van der Waals surface area contributed by atoms with E-state index in [4.69, 9.17) is 14.5 Å². The van der Waals surface area contributed by atoms with Gasteiger partial charge in [-0.05, 0) is 72.5 Å². The Morgan fingerprint density at radius 1 is 0.630 bits per heavy atom. The van der Waals surface area contributed by atoms with E-state index < -0.39 is 0 Å². The molecule has 0 bridgehead atoms. The predicted octanol–water partition coefficient (Wildman–Crippen LogP) is 12.0. The summed E-state index contributed by atoms with van der Waals surface area (Å²) in [7, 11) is 0. The van der Waals surface area contributed by atoms with Crippen LogP contribution in [0.1, 0.15) is 88.0 Å². The molecule has 2 aromatic heterocycles. The maximum Gasteiger partial charge on any atom is 0.227 e. The third kappa shape index (κ3) is 8.31. The topological polar surface area (TPSA) is 43.9 Å². The summed E-state index contributed by atoms with van der Waals surface area (Å²) in [6.45, 7) is 2.28. The Kier molecular flexibility index (Phi) is 10.9. The van der Waals surface area contributed by atoms with Gasteiger partial charge in [-0.3, -0.25) is 0 Å². The first kappa shape index (κ1) is 31.3. The number of fused-ring (bicyclic) bond motifs is 1. The Morgan fingerprint density at radius 2 is 1.30 bits per heavy atom. The van der Waals surface area contributed by atoms with Gasteiger partial charge in [-0.1, -0.05) is 138 Å². The maximum atomic E-state index is 6.19. The Morgan fingerprint density at radius 3 is 2.02 bits per heavy atom. The minimum Gasteiger partial charge on any atom is -0.436 e. The second kappa shape index (κ2) is 16.0. The Hall–Kier alpha value is -4.70. The van der Waals surface area contributed by atoms with Crippen LogP contribution >= 0.6 is 0 Å². The van der Waals surface area contributed by atoms with Crippen molar-refractivity contribution >= 4 is 23.3 Å². The zero-order valence-electron chi connectivity index (χ0n) is 27.1. The van der Waals surface area contributed by atoms with E-state index in [1.807, 2.05) is 28.9 Å². The lowest BCUT2D eigenvalue weighted by Crippen LogP contribution is -1.99. The molecule has 234 valence electrons. The van der Waals surface area contributed by atoms with Crippen LogP contribution in [0.15, 0.2) is 114 Å². The molecule has 4 aromatic carbocycles. The van der Waals surface area contributed by atoms with Gasteiger partial charge in [0.1, 0.15) is 5.52 Å². The van der Waals surface area contributed by atoms with Crippen LogP contribution in [0.4, 0.5) is 0 Å². The summed E-state index contributed by atoms with van der Waals surface area (Å²) in [4.78, 5) is 4.87. The average Bonchev–Trinajstić information content (AvgIpc) is 3.74. The number of aryl methyl sites for hydroxylation is 1. The fourth-order valence-corrected chi connectivity index (χ4v) is 6.05. The molecule has 0 saturated carbocycles. The van der Waals surface area contributed by atoms with Gasteiger partial charge in [0.25, 0.3) is 0 Å². The minimum atomic E-state index is 0.646. The molecule has 0 unspecified atom stereocenters. The summed E-state index contributed by atoms with van der Waals surface area (Å²) in [5.41, 5.74) is 9.24. The Balaban J connectivity index is 1.11. The Labute approximate surface area is 273 Å². The van der Waals surface area contributed by atoms with E-state index >= 15 is 0 Å². The highest BCUT2D eigenvalue weighted by Gasteiger charge is 2.13. The van der Waals surface area contributed by atoms with Crippen LogP contribution in [0, 0.1) is 0 Å². The van der Waals surface area contributed by atoms with Crippen molar-refractivity contribution in [2.75, 3.05) is 0 Å². The van der Waals surface area contributed by atoms with Gasteiger partial charge in [-0.25, -0.2) is 9.67 Å². The second-order valence-electron chi connectivity index (χ2n) is 12.3. The van der Waals surface area contributed by atoms with E-state index in [1.165, 1.54) is 69.8 Å². The van der Waals surface area contributed by atoms with Crippen LogP contribution in [0.2, 0.25) is 0 Å². The molecule has 0 amide bonds. The van der Waals surface area contributed by atoms with Gasteiger partial charge < -0.3 is 4.42 Å². The summed E-state index contributed by atoms with van der Waals surface area (Å²) in [6, 6.07) is 37.6. The summed E-state index contributed by atoms with van der Waals surface area (Å²) in [6.07, 6.45) is 18.8. The van der Waals surface area contributed by atoms with E-state index in [9.17, 15) is 0 Å². The van der Waals surface area contributed by atoms with Crippen molar-refractivity contribution in [3.05, 3.63) is 126 Å². The van der Waals surface area contributed by atoms with Crippen LogP contribution in [0.5, 0.6) is 0 Å². The molecule has 0 aliphatic carbocycles. The van der Waals surface area contributed by atoms with Crippen molar-refractivity contribution < 1.29 is 4.42 Å². The molecule has 4 heteroatoms. The highest BCUT2D eigenvalue weighted by atomic mass is 16.3. The van der Waals surface area contributed by atoms with Gasteiger partial charge in [0.2, 0.25) is 5.89 Å². The van der Waals surface area contributed by atoms with Crippen molar-refractivity contribution in [3.8, 4) is 28.4 Å². The maximum absolute atomic E-state index is 6.19. The number of oxazole rings is 1. The third-order valence-electron chi connectivity index (χ3n) is 8.67. The molecule has 0 radical (unpaired) electrons. The SMILES string of the molecule is CCCCCCCCCCCCc1ccc2oc(-c3ccc(-n4nc(C=Cc5ccccc5)cc4-c4ccccc4)cc3)nc2c1. The largest absolute Gasteiger partial charge is 0.436 e. The fraction of sp³-hybridized carbons (Fsp3) is 0.286. The molecule has 6 rings (SSSR count). The smallest absolute Gasteiger partial charge is 0.227 e. The van der Waals surface area contributed by atoms with Crippen molar-refractivity contribution in [1.82, 2.24) is 14.8 Å². The zero-order valence-corrected chi connectivity index (χ0v) is 27.1. The summed E-state index contributed by atoms with van der Waals surface area (Å²) in [5.74, 6) is 0.646. The number of hydrogen-bond donors (Lipinski definition) is 0. The summed E-state index contributed by atoms with van der Waals surface area (Å²) in [5, 5.41) is 4.97. The molecule has 0 N–H and O–H groups in total. The first-order valence-electron chi connectivity index (χ1n) is 17.2. The van der Waals surface area contributed by atoms with Gasteiger partial charge in [0.05, 0.1) is 17.1 Å². The lowest BCUT2D eigenvalue weighted by Gasteiger charge is -2.08. The summed E-state index contributed by atoms with van der Waals surface area (Å²) >= 11 is 0. The normalized spacial score (nSPS) is 11.6. The van der Waals surface area contributed by atoms with Gasteiger partial charge in [0, 0.05) is 11.1 Å². The number of nitrogens with zero attached hydrogens (tertiary/aromatic N) is 3. The first-order valence-corrected chi connectivity index (χ1v) is 17.2. The van der Waals surface area contributed by atoms with E-state index in [2.05, 4.69) is 104 Å². The van der Waals surface area contributed by atoms with Crippen LogP contribution in [-0.2, 0) is 6.42 Å². The molecular formula is C42H45N3O. The molecule has 0 aliphatic heterocycles. The first-order chi connectivity index (χ1) is 22.8. The quantitative estimate of drug-likeness (QED) is 0.103. The highest BCUT2D eigenvalue weighted by molar-refractivity contribution is 5.77. The lowest BCUT2D eigenvalue weighted by atomic mass is 10.0. The lowest BCUT2D eigenvalue weighted by molar-refractivity contribution is 0.556. The zero-order chi connectivity index (χ0) is 31.4. The van der Waals surface area contributed by atoms with E-state index in [-0.39, 0.29) is 0 Å². The van der Waals surface area contributed by atoms with E-state index in [0.29, 0.717) is 5.89 Å². The van der Waals surface area contributed by atoms with Crippen LogP contribution in [0.3, 0.4) is 0 Å². The number of rotatable bonds is 16. The third-order valence-corrected chi connectivity index (χ3v) is 8.67. The monoisotopic (exact) mass is 607 g/mol. The van der Waals surface area contributed by atoms with E-state index in [1.54, 1.807) is 0 Å². The molecule has 0 atom stereocenters. The van der Waals surface area contributed by atoms with Crippen LogP contribution < -0.4 is 0 Å². The molecule has 2 heterocycles. The minimum absolute atomic E-state index is 0.646. The fourth-order valence-electron chi connectivity index (χ4n) is 6.05. The molecule has 6 aromatic rings. The summed E-state index contributed by atoms with van der Waals surface area (Å²) < 4.78 is 8.20. The van der Waals surface area contributed by atoms with Crippen molar-refractivity contribution in [2.45, 2.75) is 77.6 Å². The van der Waals surface area contributed by atoms with Gasteiger partial charge in [-0.2, -0.15) is 5.10 Å². The standard InChI is InChI=1S/C42H45N3O/c1-2-3-4-5-6-7-8-9-10-13-20-34-24-30-41-39(31-34)43-42(46-41)36-25-28-38(29-26-36)45-40(35-21-16-12-17-22-35)32-37(44-45)27-23-33-18-14-11-15-19-33/h11-12,14-19,21-32H,2-10,13,20H2,1H3. The van der Waals surface area contributed by atoms with Gasteiger partial charge >= 0.3 is 0 Å². The predicted molar refractivity (Wildman–Crippen MR) is 193 cm³/mol. The average molecular weight is 608 g/mol. The van der Waals surface area contributed by atoms with E-state index in [0.717, 1.165) is 51.3 Å². The molecule has 46 heavy (non-hydrogen) atoms. The molecule has 0 fully saturated rings. The van der Waals surface area contributed by atoms with Crippen molar-refractivity contribution in [2.24, 2.45) is 0 Å². The number of aromatic nitrogens is 3. The molecule has 0 spiro atoms. The Bertz CT molecular complexity index is 1810. The second-order valence-corrected chi connectivity index (χ2v) is 12.3. The van der Waals surface area contributed by atoms with Crippen LogP contribution in [-0.4, -0.2) is 14.8 Å². The van der Waals surface area contributed by atoms with Crippen molar-refractivity contribution in [1.29, 1.82) is 0 Å². The molecule has 4 nitrogen and oxygen atoms in total. The molecule has 0 saturated heterocycles. The van der Waals surface area contributed by atoms with Crippen molar-refractivity contribution in [3.63, 3.8) is 0 Å². The van der Waals surface area contributed by atoms with Gasteiger partial charge in [-0.15, -0.1) is 0 Å². The molecule has 0 aliphatic rings. The van der Waals surface area contributed by atoms with Gasteiger partial charge in [0.15, 0.2) is 5.58 Å². The number of benzene rings is 4. The van der Waals surface area contributed by atoms with Crippen LogP contribution in [0.25, 0.3) is 51.7 Å².